The van der Waals surface area contributed by atoms with Gasteiger partial charge in [0.05, 0.1) is 0 Å². The second-order valence-corrected chi connectivity index (χ2v) is 3.66. The Hall–Kier alpha value is -0.995. The van der Waals surface area contributed by atoms with Crippen molar-refractivity contribution in [3.63, 3.8) is 0 Å². The van der Waals surface area contributed by atoms with Crippen molar-refractivity contribution in [3.05, 3.63) is 23.5 Å². The van der Waals surface area contributed by atoms with Gasteiger partial charge in [0.2, 0.25) is 0 Å². The molecule has 0 aliphatic heterocycles. The van der Waals surface area contributed by atoms with E-state index in [1.54, 1.807) is 13.8 Å². The Bertz CT molecular complexity index is 333. The fourth-order valence-corrected chi connectivity index (χ4v) is 1.48. The minimum Gasteiger partial charge on any atom is -0.445 e. The molecule has 0 aliphatic rings. The maximum Gasteiger partial charge on any atom is 0.511 e. The Morgan fingerprint density at radius 2 is 1.86 bits per heavy atom. The van der Waals surface area contributed by atoms with E-state index in [9.17, 15) is 12.9 Å². The van der Waals surface area contributed by atoms with Crippen LogP contribution in [0.2, 0.25) is 0 Å². The number of hydrogen-bond donors (Lipinski definition) is 0. The highest BCUT2D eigenvalue weighted by Gasteiger charge is 2.31. The number of halogens is 3. The quantitative estimate of drug-likeness (QED) is 0.671. The van der Waals surface area contributed by atoms with Crippen LogP contribution in [0.15, 0.2) is 12.3 Å². The van der Waals surface area contributed by atoms with E-state index in [1.807, 2.05) is 0 Å². The first-order valence-corrected chi connectivity index (χ1v) is 4.49. The molecule has 0 saturated heterocycles. The molecule has 0 aliphatic carbocycles. The van der Waals surface area contributed by atoms with Crippen LogP contribution in [0.4, 0.5) is 12.9 Å². The summed E-state index contributed by atoms with van der Waals surface area (Å²) in [4.78, 5) is 3.80. The predicted octanol–water partition coefficient (Wildman–Crippen LogP) is 2.57. The molecule has 5 heteroatoms. The van der Waals surface area contributed by atoms with Gasteiger partial charge in [0.1, 0.15) is 0 Å². The molecule has 1 nitrogen and oxygen atoms in total. The second kappa shape index (κ2) is 3.63. The fraction of sp³-hybridized carbons (Fsp3) is 0.444. The summed E-state index contributed by atoms with van der Waals surface area (Å²) in [6.07, 6.45) is 1.43. The summed E-state index contributed by atoms with van der Waals surface area (Å²) in [5.74, 6) is -0.201. The van der Waals surface area contributed by atoms with Crippen molar-refractivity contribution in [2.45, 2.75) is 26.7 Å². The van der Waals surface area contributed by atoms with Gasteiger partial charge < -0.3 is 12.9 Å². The summed E-state index contributed by atoms with van der Waals surface area (Å²) in [5, 5.41) is 0. The predicted molar refractivity (Wildman–Crippen MR) is 51.8 cm³/mol. The zero-order valence-electron chi connectivity index (χ0n) is 8.39. The van der Waals surface area contributed by atoms with Crippen molar-refractivity contribution in [2.24, 2.45) is 0 Å². The number of aromatic nitrogens is 1. The van der Waals surface area contributed by atoms with Gasteiger partial charge in [-0.25, -0.2) is 0 Å². The Kier molecular flexibility index (Phi) is 2.88. The number of nitrogens with zero attached hydrogens (tertiary/aromatic N) is 1. The Morgan fingerprint density at radius 1 is 1.29 bits per heavy atom. The molecule has 1 rings (SSSR count). The smallest absolute Gasteiger partial charge is 0.445 e. The molecule has 1 aromatic rings. The van der Waals surface area contributed by atoms with Crippen LogP contribution in [0.25, 0.3) is 0 Å². The van der Waals surface area contributed by atoms with Crippen LogP contribution in [0, 0.1) is 6.92 Å². The third-order valence-electron chi connectivity index (χ3n) is 2.11. The van der Waals surface area contributed by atoms with Crippen LogP contribution in [0.3, 0.4) is 0 Å². The van der Waals surface area contributed by atoms with Gasteiger partial charge in [-0.15, -0.1) is 0 Å². The molecule has 14 heavy (non-hydrogen) atoms. The summed E-state index contributed by atoms with van der Waals surface area (Å²) in [6.45, 7) is -0.0545. The number of hydrogen-bond acceptors (Lipinski definition) is 1. The van der Waals surface area contributed by atoms with Crippen molar-refractivity contribution in [1.82, 2.24) is 4.98 Å². The molecule has 0 bridgehead atoms. The first-order chi connectivity index (χ1) is 6.34. The second-order valence-electron chi connectivity index (χ2n) is 3.66. The SMILES string of the molecule is Cc1ccnc(C(C)C)c1[B-](F)(F)F. The summed E-state index contributed by atoms with van der Waals surface area (Å²) in [7, 11) is 0. The zero-order chi connectivity index (χ0) is 10.9. The Balaban J connectivity index is 3.38. The lowest BCUT2D eigenvalue weighted by atomic mass is 9.74. The van der Waals surface area contributed by atoms with Crippen LogP contribution in [-0.4, -0.2) is 12.0 Å². The summed E-state index contributed by atoms with van der Waals surface area (Å²) in [6, 6.07) is 1.40. The normalized spacial score (nSPS) is 12.2. The molecule has 0 aromatic carbocycles. The van der Waals surface area contributed by atoms with E-state index in [0.29, 0.717) is 0 Å². The Labute approximate surface area is 81.4 Å². The lowest BCUT2D eigenvalue weighted by Gasteiger charge is -2.22. The van der Waals surface area contributed by atoms with E-state index in [1.165, 1.54) is 19.2 Å². The summed E-state index contributed by atoms with van der Waals surface area (Å²) in [5.41, 5.74) is -0.115. The van der Waals surface area contributed by atoms with E-state index in [2.05, 4.69) is 4.98 Å². The van der Waals surface area contributed by atoms with Crippen molar-refractivity contribution < 1.29 is 12.9 Å². The highest BCUT2D eigenvalue weighted by atomic mass is 19.4. The largest absolute Gasteiger partial charge is 0.511 e. The molecular weight excluding hydrogens is 190 g/mol. The molecule has 0 unspecified atom stereocenters. The highest BCUT2D eigenvalue weighted by molar-refractivity contribution is 6.74. The highest BCUT2D eigenvalue weighted by Crippen LogP contribution is 2.18. The first-order valence-electron chi connectivity index (χ1n) is 4.49. The van der Waals surface area contributed by atoms with Gasteiger partial charge in [-0.1, -0.05) is 24.9 Å². The van der Waals surface area contributed by atoms with Crippen LogP contribution in [0.1, 0.15) is 31.0 Å². The topological polar surface area (TPSA) is 12.9 Å². The molecule has 78 valence electrons. The van der Waals surface area contributed by atoms with Crippen LogP contribution in [0.5, 0.6) is 0 Å². The van der Waals surface area contributed by atoms with Gasteiger partial charge in [0, 0.05) is 11.9 Å². The van der Waals surface area contributed by atoms with E-state index in [4.69, 9.17) is 0 Å². The molecule has 0 N–H and O–H groups in total. The average molecular weight is 202 g/mol. The molecule has 0 fully saturated rings. The van der Waals surface area contributed by atoms with Crippen LogP contribution < -0.4 is 5.46 Å². The minimum atomic E-state index is -4.96. The zero-order valence-corrected chi connectivity index (χ0v) is 8.39. The third-order valence-corrected chi connectivity index (χ3v) is 2.11. The number of aryl methyl sites for hydroxylation is 1. The van der Waals surface area contributed by atoms with Gasteiger partial charge in [-0.05, 0) is 18.9 Å². The van der Waals surface area contributed by atoms with Gasteiger partial charge in [-0.3, -0.25) is 4.98 Å². The standard InChI is InChI=1S/C9H12BF3N/c1-6(2)9-8(10(11,12)13)7(3)4-5-14-9/h4-6H,1-3H3/q-1. The monoisotopic (exact) mass is 202 g/mol. The lowest BCUT2D eigenvalue weighted by molar-refractivity contribution is 0.498. The minimum absolute atomic E-state index is 0.150. The maximum atomic E-state index is 12.7. The number of rotatable bonds is 2. The molecule has 0 radical (unpaired) electrons. The van der Waals surface area contributed by atoms with Crippen molar-refractivity contribution in [1.29, 1.82) is 0 Å². The van der Waals surface area contributed by atoms with E-state index < -0.39 is 12.4 Å². The van der Waals surface area contributed by atoms with E-state index in [0.717, 1.165) is 0 Å². The molecule has 1 heterocycles. The maximum absolute atomic E-state index is 12.7. The summed E-state index contributed by atoms with van der Waals surface area (Å²) >= 11 is 0. The lowest BCUT2D eigenvalue weighted by Crippen LogP contribution is -2.40. The molecule has 0 atom stereocenters. The van der Waals surface area contributed by atoms with Crippen molar-refractivity contribution in [3.8, 4) is 0 Å². The van der Waals surface area contributed by atoms with Gasteiger partial charge in [-0.2, -0.15) is 0 Å². The van der Waals surface area contributed by atoms with Crippen LogP contribution in [-0.2, 0) is 0 Å². The van der Waals surface area contributed by atoms with E-state index in [-0.39, 0.29) is 17.2 Å². The van der Waals surface area contributed by atoms with Crippen molar-refractivity contribution in [2.75, 3.05) is 0 Å². The van der Waals surface area contributed by atoms with Gasteiger partial charge in [0.15, 0.2) is 0 Å². The molecule has 0 spiro atoms. The van der Waals surface area contributed by atoms with Crippen molar-refractivity contribution >= 4 is 12.4 Å². The average Bonchev–Trinajstić information content (AvgIpc) is 2.01. The third kappa shape index (κ3) is 2.08. The van der Waals surface area contributed by atoms with Crippen LogP contribution >= 0.6 is 0 Å². The fourth-order valence-electron chi connectivity index (χ4n) is 1.48. The Morgan fingerprint density at radius 3 is 2.21 bits per heavy atom. The van der Waals surface area contributed by atoms with Gasteiger partial charge >= 0.3 is 6.98 Å². The summed E-state index contributed by atoms with van der Waals surface area (Å²) < 4.78 is 38.1. The van der Waals surface area contributed by atoms with E-state index >= 15 is 0 Å². The molecule has 0 amide bonds. The molecular formula is C9H12BF3N-. The molecule has 1 aromatic heterocycles. The van der Waals surface area contributed by atoms with Gasteiger partial charge in [0.25, 0.3) is 0 Å². The molecule has 0 saturated carbocycles. The first kappa shape index (κ1) is 11.1. The number of pyridine rings is 1.